The molecule has 0 fully saturated rings. The summed E-state index contributed by atoms with van der Waals surface area (Å²) in [6.45, 7) is 3.76. The molecule has 1 atom stereocenters. The van der Waals surface area contributed by atoms with E-state index >= 15 is 0 Å². The maximum Gasteiger partial charge on any atom is 0.312 e. The fraction of sp³-hybridized carbons (Fsp3) is 0.364. The quantitative estimate of drug-likeness (QED) is 0.592. The van der Waals surface area contributed by atoms with Gasteiger partial charge in [-0.25, -0.2) is 0 Å². The number of carbonyl (C=O) groups excluding carboxylic acids is 2. The smallest absolute Gasteiger partial charge is 0.312 e. The molecule has 28 heavy (non-hydrogen) atoms. The molecule has 0 N–H and O–H groups in total. The predicted octanol–water partition coefficient (Wildman–Crippen LogP) is 3.89. The van der Waals surface area contributed by atoms with Gasteiger partial charge in [0.15, 0.2) is 5.78 Å². The molecule has 1 unspecified atom stereocenters. The summed E-state index contributed by atoms with van der Waals surface area (Å²) >= 11 is 0. The first-order valence-corrected chi connectivity index (χ1v) is 9.14. The molecule has 2 aromatic carbocycles. The number of ether oxygens (including phenoxy) is 4. The number of hydrogen-bond acceptors (Lipinski definition) is 6. The molecule has 0 bridgehead atoms. The lowest BCUT2D eigenvalue weighted by Crippen LogP contribution is -2.37. The van der Waals surface area contributed by atoms with Gasteiger partial charge in [0.25, 0.3) is 0 Å². The first-order valence-electron chi connectivity index (χ1n) is 9.14. The van der Waals surface area contributed by atoms with Crippen LogP contribution in [0.25, 0.3) is 0 Å². The monoisotopic (exact) mass is 382 g/mol. The maximum atomic E-state index is 12.7. The Morgan fingerprint density at radius 3 is 2.57 bits per heavy atom. The van der Waals surface area contributed by atoms with Crippen LogP contribution in [0.3, 0.4) is 0 Å². The van der Waals surface area contributed by atoms with Crippen LogP contribution in [0.4, 0.5) is 0 Å². The minimum atomic E-state index is -0.630. The van der Waals surface area contributed by atoms with Gasteiger partial charge in [-0.15, -0.1) is 0 Å². The Morgan fingerprint density at radius 1 is 1.07 bits per heavy atom. The zero-order valence-electron chi connectivity index (χ0n) is 16.3. The summed E-state index contributed by atoms with van der Waals surface area (Å²) in [5, 5.41) is 0. The molecule has 0 amide bonds. The SMILES string of the molecule is COc1ccc(C2CC(=O)Oc3ccc4c(c32)OC(C)(C)CC4=O)c(OC)c1. The van der Waals surface area contributed by atoms with Gasteiger partial charge in [-0.3, -0.25) is 9.59 Å². The molecule has 2 aliphatic heterocycles. The second kappa shape index (κ2) is 6.55. The van der Waals surface area contributed by atoms with Crippen LogP contribution in [-0.2, 0) is 4.79 Å². The number of carbonyl (C=O) groups is 2. The molecule has 0 radical (unpaired) electrons. The molecule has 4 rings (SSSR count). The minimum absolute atomic E-state index is 0.0198. The predicted molar refractivity (Wildman–Crippen MR) is 102 cm³/mol. The summed E-state index contributed by atoms with van der Waals surface area (Å²) in [5.74, 6) is 1.50. The van der Waals surface area contributed by atoms with Crippen molar-refractivity contribution in [1.82, 2.24) is 0 Å². The summed E-state index contributed by atoms with van der Waals surface area (Å²) in [4.78, 5) is 25.0. The second-order valence-electron chi connectivity index (χ2n) is 7.65. The number of fused-ring (bicyclic) bond motifs is 3. The first kappa shape index (κ1) is 18.3. The normalized spacial score (nSPS) is 19.8. The van der Waals surface area contributed by atoms with E-state index in [1.165, 1.54) is 0 Å². The lowest BCUT2D eigenvalue weighted by Gasteiger charge is -2.36. The zero-order valence-corrected chi connectivity index (χ0v) is 16.3. The van der Waals surface area contributed by atoms with E-state index in [0.29, 0.717) is 40.5 Å². The highest BCUT2D eigenvalue weighted by molar-refractivity contribution is 6.01. The molecule has 0 spiro atoms. The number of hydrogen-bond donors (Lipinski definition) is 0. The number of methoxy groups -OCH3 is 2. The van der Waals surface area contributed by atoms with Gasteiger partial charge in [0, 0.05) is 23.1 Å². The molecule has 146 valence electrons. The van der Waals surface area contributed by atoms with E-state index < -0.39 is 5.60 Å². The molecule has 0 aromatic heterocycles. The Labute approximate surface area is 163 Å². The van der Waals surface area contributed by atoms with E-state index in [2.05, 4.69) is 0 Å². The van der Waals surface area contributed by atoms with Gasteiger partial charge >= 0.3 is 5.97 Å². The number of benzene rings is 2. The van der Waals surface area contributed by atoms with E-state index in [1.54, 1.807) is 32.4 Å². The number of Topliss-reactive ketones (excluding diaryl/α,β-unsaturated/α-hetero) is 1. The summed E-state index contributed by atoms with van der Waals surface area (Å²) in [6, 6.07) is 8.82. The lowest BCUT2D eigenvalue weighted by molar-refractivity contribution is -0.135. The van der Waals surface area contributed by atoms with Crippen LogP contribution in [-0.4, -0.2) is 31.6 Å². The van der Waals surface area contributed by atoms with Crippen LogP contribution < -0.4 is 18.9 Å². The molecule has 0 saturated carbocycles. The van der Waals surface area contributed by atoms with Gasteiger partial charge in [-0.1, -0.05) is 6.07 Å². The molecule has 2 aliphatic rings. The first-order chi connectivity index (χ1) is 13.3. The van der Waals surface area contributed by atoms with Crippen molar-refractivity contribution in [2.24, 2.45) is 0 Å². The van der Waals surface area contributed by atoms with E-state index in [-0.39, 0.29) is 24.1 Å². The number of esters is 1. The van der Waals surface area contributed by atoms with Crippen molar-refractivity contribution >= 4 is 11.8 Å². The van der Waals surface area contributed by atoms with Crippen molar-refractivity contribution in [2.45, 2.75) is 38.2 Å². The zero-order chi connectivity index (χ0) is 20.1. The minimum Gasteiger partial charge on any atom is -0.497 e. The van der Waals surface area contributed by atoms with E-state index in [1.807, 2.05) is 26.0 Å². The van der Waals surface area contributed by atoms with Crippen LogP contribution >= 0.6 is 0 Å². The van der Waals surface area contributed by atoms with Crippen molar-refractivity contribution in [1.29, 1.82) is 0 Å². The third-order valence-corrected chi connectivity index (χ3v) is 5.18. The van der Waals surface area contributed by atoms with Crippen molar-refractivity contribution in [2.75, 3.05) is 14.2 Å². The van der Waals surface area contributed by atoms with Gasteiger partial charge < -0.3 is 18.9 Å². The molecule has 0 saturated heterocycles. The third-order valence-electron chi connectivity index (χ3n) is 5.18. The van der Waals surface area contributed by atoms with Gasteiger partial charge in [0.05, 0.1) is 32.6 Å². The Bertz CT molecular complexity index is 975. The fourth-order valence-corrected chi connectivity index (χ4v) is 3.93. The molecule has 2 aromatic rings. The summed E-state index contributed by atoms with van der Waals surface area (Å²) in [5.41, 5.74) is 1.42. The average molecular weight is 382 g/mol. The molecular weight excluding hydrogens is 360 g/mol. The lowest BCUT2D eigenvalue weighted by atomic mass is 9.82. The number of ketones is 1. The van der Waals surface area contributed by atoms with Gasteiger partial charge in [-0.05, 0) is 32.0 Å². The molecule has 6 nitrogen and oxygen atoms in total. The van der Waals surface area contributed by atoms with E-state index in [4.69, 9.17) is 18.9 Å². The average Bonchev–Trinajstić information content (AvgIpc) is 2.65. The highest BCUT2D eigenvalue weighted by atomic mass is 16.5. The fourth-order valence-electron chi connectivity index (χ4n) is 3.93. The Balaban J connectivity index is 1.93. The van der Waals surface area contributed by atoms with Crippen LogP contribution in [0.2, 0.25) is 0 Å². The summed E-state index contributed by atoms with van der Waals surface area (Å²) in [7, 11) is 3.16. The Morgan fingerprint density at radius 2 is 1.86 bits per heavy atom. The maximum absolute atomic E-state index is 12.7. The highest BCUT2D eigenvalue weighted by Gasteiger charge is 2.40. The van der Waals surface area contributed by atoms with Crippen molar-refractivity contribution < 1.29 is 28.5 Å². The van der Waals surface area contributed by atoms with Crippen molar-refractivity contribution in [3.05, 3.63) is 47.0 Å². The van der Waals surface area contributed by atoms with Crippen LogP contribution in [0, 0.1) is 0 Å². The topological polar surface area (TPSA) is 71.1 Å². The van der Waals surface area contributed by atoms with Crippen molar-refractivity contribution in [3.8, 4) is 23.0 Å². The number of rotatable bonds is 3. The molecular formula is C22H22O6. The van der Waals surface area contributed by atoms with E-state index in [0.717, 1.165) is 5.56 Å². The largest absolute Gasteiger partial charge is 0.497 e. The van der Waals surface area contributed by atoms with Gasteiger partial charge in [-0.2, -0.15) is 0 Å². The molecule has 2 heterocycles. The molecule has 0 aliphatic carbocycles. The van der Waals surface area contributed by atoms with Crippen LogP contribution in [0.5, 0.6) is 23.0 Å². The van der Waals surface area contributed by atoms with Gasteiger partial charge in [0.2, 0.25) is 0 Å². The standard InChI is InChI=1S/C22H22O6/c1-22(2)11-16(23)14-7-8-17-20(21(14)28-22)15(10-19(24)27-17)13-6-5-12(25-3)9-18(13)26-4/h5-9,15H,10-11H2,1-4H3. The highest BCUT2D eigenvalue weighted by Crippen LogP contribution is 2.50. The third kappa shape index (κ3) is 2.99. The summed E-state index contributed by atoms with van der Waals surface area (Å²) < 4.78 is 22.5. The van der Waals surface area contributed by atoms with Crippen LogP contribution in [0.15, 0.2) is 30.3 Å². The summed E-state index contributed by atoms with van der Waals surface area (Å²) in [6.07, 6.45) is 0.430. The van der Waals surface area contributed by atoms with Crippen molar-refractivity contribution in [3.63, 3.8) is 0 Å². The van der Waals surface area contributed by atoms with Gasteiger partial charge in [0.1, 0.15) is 28.6 Å². The Kier molecular flexibility index (Phi) is 4.29. The van der Waals surface area contributed by atoms with Crippen LogP contribution in [0.1, 0.15) is 54.1 Å². The van der Waals surface area contributed by atoms with E-state index in [9.17, 15) is 9.59 Å². The second-order valence-corrected chi connectivity index (χ2v) is 7.65. The molecule has 6 heteroatoms. The Hall–Kier alpha value is -3.02.